The highest BCUT2D eigenvalue weighted by Crippen LogP contribution is 2.31. The molecule has 10 heteroatoms. The highest BCUT2D eigenvalue weighted by atomic mass is 19.4. The van der Waals surface area contributed by atoms with Gasteiger partial charge in [0.25, 0.3) is 5.91 Å². The highest BCUT2D eigenvalue weighted by Gasteiger charge is 2.49. The first-order valence-corrected chi connectivity index (χ1v) is 9.28. The van der Waals surface area contributed by atoms with Crippen LogP contribution in [0.25, 0.3) is 0 Å². The Morgan fingerprint density at radius 2 is 1.93 bits per heavy atom. The molecule has 2 atom stereocenters. The quantitative estimate of drug-likeness (QED) is 0.770. The van der Waals surface area contributed by atoms with Gasteiger partial charge < -0.3 is 15.0 Å². The maximum atomic E-state index is 12.9. The van der Waals surface area contributed by atoms with Crippen LogP contribution in [0.5, 0.6) is 5.75 Å². The smallest absolute Gasteiger partial charge is 0.406 e. The van der Waals surface area contributed by atoms with Gasteiger partial charge in [-0.05, 0) is 43.4 Å². The van der Waals surface area contributed by atoms with Crippen molar-refractivity contribution >= 4 is 17.8 Å². The fourth-order valence-corrected chi connectivity index (χ4v) is 3.68. The molecule has 7 nitrogen and oxygen atoms in total. The van der Waals surface area contributed by atoms with Gasteiger partial charge in [-0.1, -0.05) is 19.1 Å². The molecule has 158 valence electrons. The van der Waals surface area contributed by atoms with E-state index in [2.05, 4.69) is 10.1 Å². The average Bonchev–Trinajstić information content (AvgIpc) is 2.85. The fourth-order valence-electron chi connectivity index (χ4n) is 3.68. The zero-order chi connectivity index (χ0) is 21.4. The number of carbonyl (C=O) groups is 3. The third-order valence-electron chi connectivity index (χ3n) is 5.24. The molecule has 0 spiro atoms. The first-order chi connectivity index (χ1) is 13.5. The van der Waals surface area contributed by atoms with Crippen LogP contribution < -0.4 is 10.1 Å². The molecule has 2 heterocycles. The number of carbonyl (C=O) groups excluding carboxylic acids is 3. The van der Waals surface area contributed by atoms with E-state index in [1.54, 1.807) is 4.90 Å². The number of nitrogens with zero attached hydrogens (tertiary/aromatic N) is 2. The fraction of sp³-hybridized carbons (Fsp3) is 0.526. The van der Waals surface area contributed by atoms with Crippen LogP contribution in [0, 0.1) is 5.92 Å². The molecule has 2 aliphatic heterocycles. The van der Waals surface area contributed by atoms with Crippen molar-refractivity contribution in [1.29, 1.82) is 0 Å². The topological polar surface area (TPSA) is 79.0 Å². The molecule has 1 N–H and O–H groups in total. The number of likely N-dealkylation sites (tertiary alicyclic amines) is 1. The SMILES string of the molecule is CC1CCCN(C(=O)CN2C(=O)NC(C)(c3ccc(OC(F)(F)F)cc3)C2=O)C1. The van der Waals surface area contributed by atoms with Gasteiger partial charge in [0.2, 0.25) is 5.91 Å². The maximum absolute atomic E-state index is 12.9. The summed E-state index contributed by atoms with van der Waals surface area (Å²) in [5.74, 6) is -1.02. The van der Waals surface area contributed by atoms with Gasteiger partial charge in [-0.25, -0.2) is 4.79 Å². The molecule has 4 amide bonds. The van der Waals surface area contributed by atoms with Gasteiger partial charge in [-0.3, -0.25) is 14.5 Å². The summed E-state index contributed by atoms with van der Waals surface area (Å²) in [6.07, 6.45) is -2.93. The number of hydrogen-bond acceptors (Lipinski definition) is 4. The van der Waals surface area contributed by atoms with Gasteiger partial charge in [-0.15, -0.1) is 13.2 Å². The zero-order valence-electron chi connectivity index (χ0n) is 16.1. The molecule has 0 radical (unpaired) electrons. The Morgan fingerprint density at radius 1 is 1.28 bits per heavy atom. The summed E-state index contributed by atoms with van der Waals surface area (Å²) in [7, 11) is 0. The molecule has 2 saturated heterocycles. The van der Waals surface area contributed by atoms with E-state index in [4.69, 9.17) is 0 Å². The zero-order valence-corrected chi connectivity index (χ0v) is 16.1. The standard InChI is InChI=1S/C19H22F3N3O4/c1-12-4-3-9-24(10-12)15(26)11-25-16(27)18(2,23-17(25)28)13-5-7-14(8-6-13)29-19(20,21)22/h5-8,12H,3-4,9-11H2,1-2H3,(H,23,28). The summed E-state index contributed by atoms with van der Waals surface area (Å²) in [4.78, 5) is 40.3. The highest BCUT2D eigenvalue weighted by molar-refractivity contribution is 6.09. The van der Waals surface area contributed by atoms with Crippen LogP contribution in [0.2, 0.25) is 0 Å². The minimum Gasteiger partial charge on any atom is -0.406 e. The van der Waals surface area contributed by atoms with Crippen LogP contribution in [0.4, 0.5) is 18.0 Å². The van der Waals surface area contributed by atoms with E-state index < -0.39 is 29.6 Å². The van der Waals surface area contributed by atoms with Gasteiger partial charge in [0.15, 0.2) is 0 Å². The third kappa shape index (κ3) is 4.46. The molecule has 2 unspecified atom stereocenters. The normalized spacial score (nSPS) is 25.2. The molecule has 0 aliphatic carbocycles. The third-order valence-corrected chi connectivity index (χ3v) is 5.24. The second-order valence-electron chi connectivity index (χ2n) is 7.61. The van der Waals surface area contributed by atoms with Gasteiger partial charge in [0.1, 0.15) is 17.8 Å². The number of amides is 4. The summed E-state index contributed by atoms with van der Waals surface area (Å²) < 4.78 is 40.7. The number of piperidine rings is 1. The number of ether oxygens (including phenoxy) is 1. The molecule has 1 aromatic rings. The molecule has 3 rings (SSSR count). The van der Waals surface area contributed by atoms with Crippen molar-refractivity contribution in [2.24, 2.45) is 5.92 Å². The van der Waals surface area contributed by atoms with Crippen molar-refractivity contribution in [3.05, 3.63) is 29.8 Å². The largest absolute Gasteiger partial charge is 0.573 e. The van der Waals surface area contributed by atoms with E-state index in [1.807, 2.05) is 6.92 Å². The Morgan fingerprint density at radius 3 is 2.52 bits per heavy atom. The van der Waals surface area contributed by atoms with E-state index in [1.165, 1.54) is 19.1 Å². The van der Waals surface area contributed by atoms with Crippen molar-refractivity contribution in [1.82, 2.24) is 15.1 Å². The van der Waals surface area contributed by atoms with Gasteiger partial charge in [0.05, 0.1) is 0 Å². The predicted octanol–water partition coefficient (Wildman–Crippen LogP) is 2.61. The van der Waals surface area contributed by atoms with Crippen molar-refractivity contribution in [2.45, 2.75) is 38.6 Å². The lowest BCUT2D eigenvalue weighted by Crippen LogP contribution is -2.47. The van der Waals surface area contributed by atoms with Crippen LogP contribution in [0.15, 0.2) is 24.3 Å². The minimum absolute atomic E-state index is 0.284. The van der Waals surface area contributed by atoms with Crippen molar-refractivity contribution < 1.29 is 32.3 Å². The number of imide groups is 1. The second-order valence-corrected chi connectivity index (χ2v) is 7.61. The molecule has 1 aromatic carbocycles. The Labute approximate surface area is 165 Å². The number of nitrogens with one attached hydrogen (secondary N) is 1. The van der Waals surface area contributed by atoms with E-state index in [-0.39, 0.29) is 18.0 Å². The summed E-state index contributed by atoms with van der Waals surface area (Å²) in [6.45, 7) is 4.28. The first kappa shape index (κ1) is 20.9. The van der Waals surface area contributed by atoms with E-state index >= 15 is 0 Å². The number of rotatable bonds is 4. The monoisotopic (exact) mass is 413 g/mol. The van der Waals surface area contributed by atoms with E-state index in [0.29, 0.717) is 19.0 Å². The van der Waals surface area contributed by atoms with Gasteiger partial charge in [-0.2, -0.15) is 0 Å². The molecule has 2 aliphatic rings. The summed E-state index contributed by atoms with van der Waals surface area (Å²) in [5.41, 5.74) is -1.20. The number of alkyl halides is 3. The Bertz CT molecular complexity index is 812. The molecule has 2 fully saturated rings. The van der Waals surface area contributed by atoms with Gasteiger partial charge >= 0.3 is 12.4 Å². The average molecular weight is 413 g/mol. The number of hydrogen-bond donors (Lipinski definition) is 1. The van der Waals surface area contributed by atoms with Crippen molar-refractivity contribution in [2.75, 3.05) is 19.6 Å². The molecule has 29 heavy (non-hydrogen) atoms. The Hall–Kier alpha value is -2.78. The van der Waals surface area contributed by atoms with Gasteiger partial charge in [0, 0.05) is 13.1 Å². The summed E-state index contributed by atoms with van der Waals surface area (Å²) in [6, 6.07) is 3.97. The lowest BCUT2D eigenvalue weighted by atomic mass is 9.92. The number of urea groups is 1. The van der Waals surface area contributed by atoms with Crippen LogP contribution in [-0.2, 0) is 15.1 Å². The molecule has 0 saturated carbocycles. The Balaban J connectivity index is 1.72. The number of halogens is 3. The van der Waals surface area contributed by atoms with E-state index in [9.17, 15) is 27.6 Å². The van der Waals surface area contributed by atoms with Crippen LogP contribution in [0.1, 0.15) is 32.3 Å². The first-order valence-electron chi connectivity index (χ1n) is 9.28. The molecular weight excluding hydrogens is 391 g/mol. The Kier molecular flexibility index (Phi) is 5.46. The van der Waals surface area contributed by atoms with Crippen LogP contribution in [0.3, 0.4) is 0 Å². The van der Waals surface area contributed by atoms with Crippen LogP contribution in [-0.4, -0.2) is 53.6 Å². The predicted molar refractivity (Wildman–Crippen MR) is 95.7 cm³/mol. The van der Waals surface area contributed by atoms with Crippen molar-refractivity contribution in [3.8, 4) is 5.75 Å². The van der Waals surface area contributed by atoms with E-state index in [0.717, 1.165) is 29.9 Å². The maximum Gasteiger partial charge on any atom is 0.573 e. The molecular formula is C19H22F3N3O4. The molecule has 0 bridgehead atoms. The second kappa shape index (κ2) is 7.57. The van der Waals surface area contributed by atoms with Crippen molar-refractivity contribution in [3.63, 3.8) is 0 Å². The number of benzene rings is 1. The lowest BCUT2D eigenvalue weighted by Gasteiger charge is -2.31. The summed E-state index contributed by atoms with van der Waals surface area (Å²) >= 11 is 0. The lowest BCUT2D eigenvalue weighted by molar-refractivity contribution is -0.274. The van der Waals surface area contributed by atoms with Crippen LogP contribution >= 0.6 is 0 Å². The summed E-state index contributed by atoms with van der Waals surface area (Å²) in [5, 5.41) is 2.53. The minimum atomic E-state index is -4.83. The molecule has 0 aromatic heterocycles.